The Morgan fingerprint density at radius 3 is 2.25 bits per heavy atom. The van der Waals surface area contributed by atoms with Crippen molar-refractivity contribution in [3.05, 3.63) is 41.5 Å². The maximum Gasteiger partial charge on any atom is 0.416 e. The number of ether oxygens (including phenoxy) is 1. The van der Waals surface area contributed by atoms with E-state index in [-0.39, 0.29) is 17.8 Å². The Morgan fingerprint density at radius 1 is 1.17 bits per heavy atom. The number of carbonyl (C=O) groups excluding carboxylic acids is 2. The number of rotatable bonds is 3. The minimum atomic E-state index is -4.37. The van der Waals surface area contributed by atoms with Crippen LogP contribution in [0.2, 0.25) is 0 Å². The van der Waals surface area contributed by atoms with Crippen LogP contribution in [-0.4, -0.2) is 37.0 Å². The summed E-state index contributed by atoms with van der Waals surface area (Å²) in [6.07, 6.45) is -0.461. The maximum atomic E-state index is 12.5. The third-order valence-electron chi connectivity index (χ3n) is 4.00. The van der Waals surface area contributed by atoms with Gasteiger partial charge in [0.1, 0.15) is 0 Å². The Bertz CT molecular complexity index is 615. The Kier molecular flexibility index (Phi) is 5.64. The second-order valence-electron chi connectivity index (χ2n) is 5.58. The van der Waals surface area contributed by atoms with E-state index in [0.29, 0.717) is 31.5 Å². The summed E-state index contributed by atoms with van der Waals surface area (Å²) in [7, 11) is 1.34. The smallest absolute Gasteiger partial charge is 0.416 e. The fourth-order valence-electron chi connectivity index (χ4n) is 2.56. The number of halogens is 3. The van der Waals surface area contributed by atoms with Crippen molar-refractivity contribution in [2.24, 2.45) is 5.92 Å². The van der Waals surface area contributed by atoms with Crippen molar-refractivity contribution in [2.45, 2.75) is 19.0 Å². The van der Waals surface area contributed by atoms with E-state index in [2.05, 4.69) is 4.74 Å². The number of methoxy groups -OCH3 is 1. The van der Waals surface area contributed by atoms with Crippen LogP contribution in [0.4, 0.5) is 13.2 Å². The molecule has 0 aromatic heterocycles. The van der Waals surface area contributed by atoms with Crippen molar-refractivity contribution in [1.82, 2.24) is 4.90 Å². The van der Waals surface area contributed by atoms with Crippen LogP contribution in [0.3, 0.4) is 0 Å². The third kappa shape index (κ3) is 4.59. The van der Waals surface area contributed by atoms with Gasteiger partial charge in [-0.25, -0.2) is 0 Å². The molecular weight excluding hydrogens is 323 g/mol. The summed E-state index contributed by atoms with van der Waals surface area (Å²) >= 11 is 0. The number of piperidine rings is 1. The van der Waals surface area contributed by atoms with Gasteiger partial charge in [0.05, 0.1) is 18.6 Å². The van der Waals surface area contributed by atoms with Crippen molar-refractivity contribution in [3.63, 3.8) is 0 Å². The summed E-state index contributed by atoms with van der Waals surface area (Å²) in [5.74, 6) is -0.668. The molecule has 0 aliphatic carbocycles. The highest BCUT2D eigenvalue weighted by Crippen LogP contribution is 2.29. The van der Waals surface area contributed by atoms with Gasteiger partial charge in [-0.3, -0.25) is 9.59 Å². The van der Waals surface area contributed by atoms with E-state index in [9.17, 15) is 22.8 Å². The molecule has 0 spiro atoms. The molecule has 4 nitrogen and oxygen atoms in total. The Balaban J connectivity index is 1.91. The molecule has 0 N–H and O–H groups in total. The van der Waals surface area contributed by atoms with E-state index in [0.717, 1.165) is 12.1 Å². The molecule has 0 atom stereocenters. The molecule has 1 aromatic carbocycles. The lowest BCUT2D eigenvalue weighted by molar-refractivity contribution is -0.148. The normalized spacial score (nSPS) is 16.4. The maximum absolute atomic E-state index is 12.5. The standard InChI is InChI=1S/C17H18F3NO3/c1-24-16(23)13-8-10-21(11-9-13)15(22)7-4-12-2-5-14(6-3-12)17(18,19)20/h2-7,13H,8-11H2,1H3/b7-4-. The number of alkyl halides is 3. The molecule has 0 radical (unpaired) electrons. The summed E-state index contributed by atoms with van der Waals surface area (Å²) in [6, 6.07) is 4.59. The second kappa shape index (κ2) is 7.51. The zero-order valence-corrected chi connectivity index (χ0v) is 13.2. The van der Waals surface area contributed by atoms with Crippen LogP contribution in [0, 0.1) is 5.92 Å². The van der Waals surface area contributed by atoms with Gasteiger partial charge in [-0.05, 0) is 36.6 Å². The molecule has 0 bridgehead atoms. The molecule has 1 aromatic rings. The van der Waals surface area contributed by atoms with Gasteiger partial charge in [0.2, 0.25) is 5.91 Å². The van der Waals surface area contributed by atoms with Crippen LogP contribution in [0.1, 0.15) is 24.0 Å². The predicted molar refractivity (Wildman–Crippen MR) is 81.8 cm³/mol. The number of amides is 1. The first-order chi connectivity index (χ1) is 11.3. The second-order valence-corrected chi connectivity index (χ2v) is 5.58. The van der Waals surface area contributed by atoms with Gasteiger partial charge in [0.15, 0.2) is 0 Å². The van der Waals surface area contributed by atoms with E-state index < -0.39 is 11.7 Å². The third-order valence-corrected chi connectivity index (χ3v) is 4.00. The first kappa shape index (κ1) is 18.0. The van der Waals surface area contributed by atoms with Gasteiger partial charge in [-0.2, -0.15) is 13.2 Å². The number of hydrogen-bond acceptors (Lipinski definition) is 3. The van der Waals surface area contributed by atoms with Gasteiger partial charge < -0.3 is 9.64 Å². The SMILES string of the molecule is COC(=O)C1CCN(C(=O)/C=C\c2ccc(C(F)(F)F)cc2)CC1. The van der Waals surface area contributed by atoms with E-state index in [1.165, 1.54) is 31.4 Å². The van der Waals surface area contributed by atoms with Gasteiger partial charge in [0.25, 0.3) is 0 Å². The summed E-state index contributed by atoms with van der Waals surface area (Å²) in [5.41, 5.74) is -0.211. The minimum Gasteiger partial charge on any atom is -0.469 e. The van der Waals surface area contributed by atoms with Crippen LogP contribution in [0.25, 0.3) is 6.08 Å². The molecule has 1 fully saturated rings. The zero-order chi connectivity index (χ0) is 17.7. The van der Waals surface area contributed by atoms with Crippen LogP contribution in [0.5, 0.6) is 0 Å². The summed E-state index contributed by atoms with van der Waals surface area (Å²) in [4.78, 5) is 25.1. The number of nitrogens with zero attached hydrogens (tertiary/aromatic N) is 1. The zero-order valence-electron chi connectivity index (χ0n) is 13.2. The number of likely N-dealkylation sites (tertiary alicyclic amines) is 1. The van der Waals surface area contributed by atoms with Crippen molar-refractivity contribution in [1.29, 1.82) is 0 Å². The van der Waals surface area contributed by atoms with Crippen LogP contribution in [-0.2, 0) is 20.5 Å². The van der Waals surface area contributed by atoms with Crippen molar-refractivity contribution >= 4 is 18.0 Å². The predicted octanol–water partition coefficient (Wildman–Crippen LogP) is 3.13. The molecular formula is C17H18F3NO3. The lowest BCUT2D eigenvalue weighted by atomic mass is 9.97. The van der Waals surface area contributed by atoms with E-state index in [1.807, 2.05) is 0 Å². The van der Waals surface area contributed by atoms with Gasteiger partial charge in [-0.1, -0.05) is 12.1 Å². The summed E-state index contributed by atoms with van der Waals surface area (Å²) in [5, 5.41) is 0. The fourth-order valence-corrected chi connectivity index (χ4v) is 2.56. The average molecular weight is 341 g/mol. The largest absolute Gasteiger partial charge is 0.469 e. The average Bonchev–Trinajstić information content (AvgIpc) is 2.58. The Labute approximate surface area is 137 Å². The minimum absolute atomic E-state index is 0.182. The van der Waals surface area contributed by atoms with Gasteiger partial charge in [0, 0.05) is 19.2 Å². The Morgan fingerprint density at radius 2 is 1.75 bits per heavy atom. The van der Waals surface area contributed by atoms with E-state index >= 15 is 0 Å². The highest BCUT2D eigenvalue weighted by Gasteiger charge is 2.30. The molecule has 0 unspecified atom stereocenters. The molecule has 7 heteroatoms. The van der Waals surface area contributed by atoms with E-state index in [4.69, 9.17) is 0 Å². The molecule has 24 heavy (non-hydrogen) atoms. The lowest BCUT2D eigenvalue weighted by Gasteiger charge is -2.29. The first-order valence-electron chi connectivity index (χ1n) is 7.53. The molecule has 2 rings (SSSR count). The molecule has 0 saturated carbocycles. The first-order valence-corrected chi connectivity index (χ1v) is 7.53. The summed E-state index contributed by atoms with van der Waals surface area (Å²) < 4.78 is 42.1. The molecule has 1 saturated heterocycles. The number of hydrogen-bond donors (Lipinski definition) is 0. The van der Waals surface area contributed by atoms with Gasteiger partial charge in [-0.15, -0.1) is 0 Å². The van der Waals surface area contributed by atoms with E-state index in [1.54, 1.807) is 4.90 Å². The molecule has 1 amide bonds. The lowest BCUT2D eigenvalue weighted by Crippen LogP contribution is -2.39. The molecule has 1 heterocycles. The summed E-state index contributed by atoms with van der Waals surface area (Å²) in [6.45, 7) is 0.909. The fraction of sp³-hybridized carbons (Fsp3) is 0.412. The molecule has 1 aliphatic heterocycles. The van der Waals surface area contributed by atoms with Crippen LogP contribution in [0.15, 0.2) is 30.3 Å². The Hall–Kier alpha value is -2.31. The number of esters is 1. The van der Waals surface area contributed by atoms with Crippen molar-refractivity contribution in [2.75, 3.05) is 20.2 Å². The number of benzene rings is 1. The van der Waals surface area contributed by atoms with Crippen molar-refractivity contribution in [3.8, 4) is 0 Å². The highest BCUT2D eigenvalue weighted by molar-refractivity contribution is 5.92. The van der Waals surface area contributed by atoms with Gasteiger partial charge >= 0.3 is 12.1 Å². The van der Waals surface area contributed by atoms with Crippen LogP contribution >= 0.6 is 0 Å². The molecule has 1 aliphatic rings. The number of carbonyl (C=O) groups is 2. The highest BCUT2D eigenvalue weighted by atomic mass is 19.4. The monoisotopic (exact) mass is 341 g/mol. The van der Waals surface area contributed by atoms with Crippen LogP contribution < -0.4 is 0 Å². The van der Waals surface area contributed by atoms with Crippen molar-refractivity contribution < 1.29 is 27.5 Å². The quantitative estimate of drug-likeness (QED) is 0.627. The topological polar surface area (TPSA) is 46.6 Å². The molecule has 130 valence electrons.